The van der Waals surface area contributed by atoms with E-state index in [2.05, 4.69) is 20.0 Å². The fraction of sp³-hybridized carbons (Fsp3) is 0.111. The molecule has 0 saturated heterocycles. The highest BCUT2D eigenvalue weighted by atomic mass is 35.5. The van der Waals surface area contributed by atoms with Crippen molar-refractivity contribution < 1.29 is 0 Å². The van der Waals surface area contributed by atoms with Gasteiger partial charge in [-0.1, -0.05) is 16.7 Å². The summed E-state index contributed by atoms with van der Waals surface area (Å²) in [6, 6.07) is 5.31. The smallest absolute Gasteiger partial charge is 0.129 e. The van der Waals surface area contributed by atoms with Crippen LogP contribution in [0, 0.1) is 0 Å². The number of rotatable bonds is 2. The lowest BCUT2D eigenvalue weighted by Gasteiger charge is -1.99. The van der Waals surface area contributed by atoms with Gasteiger partial charge in [-0.25, -0.2) is 4.98 Å². The Kier molecular flexibility index (Phi) is 2.67. The Labute approximate surface area is 90.4 Å². The van der Waals surface area contributed by atoms with Gasteiger partial charge in [-0.05, 0) is 23.7 Å². The number of fused-ring (bicyclic) bond motifs is 1. The summed E-state index contributed by atoms with van der Waals surface area (Å²) in [5.74, 6) is 0. The van der Waals surface area contributed by atoms with Gasteiger partial charge >= 0.3 is 0 Å². The third-order valence-electron chi connectivity index (χ3n) is 1.89. The SMILES string of the molecule is [N-]=[N+]=NCc1cc2nc(Cl)ccc2cn1. The Bertz CT molecular complexity index is 547. The number of azide groups is 1. The Morgan fingerprint density at radius 2 is 2.33 bits per heavy atom. The van der Waals surface area contributed by atoms with E-state index >= 15 is 0 Å². The summed E-state index contributed by atoms with van der Waals surface area (Å²) in [5.41, 5.74) is 9.61. The largest absolute Gasteiger partial charge is 0.260 e. The normalized spacial score (nSPS) is 9.93. The first-order valence-corrected chi connectivity index (χ1v) is 4.59. The van der Waals surface area contributed by atoms with E-state index in [9.17, 15) is 0 Å². The number of halogens is 1. The molecule has 15 heavy (non-hydrogen) atoms. The second kappa shape index (κ2) is 4.13. The maximum absolute atomic E-state index is 8.18. The van der Waals surface area contributed by atoms with Crippen LogP contribution < -0.4 is 0 Å². The molecule has 6 heteroatoms. The van der Waals surface area contributed by atoms with E-state index in [1.165, 1.54) is 0 Å². The molecular formula is C9H6ClN5. The van der Waals surface area contributed by atoms with E-state index in [1.807, 2.05) is 6.07 Å². The fourth-order valence-electron chi connectivity index (χ4n) is 1.22. The van der Waals surface area contributed by atoms with Crippen molar-refractivity contribution in [3.63, 3.8) is 0 Å². The summed E-state index contributed by atoms with van der Waals surface area (Å²) >= 11 is 5.76. The molecule has 0 spiro atoms. The Morgan fingerprint density at radius 3 is 3.13 bits per heavy atom. The zero-order chi connectivity index (χ0) is 10.7. The fourth-order valence-corrected chi connectivity index (χ4v) is 1.38. The molecule has 5 nitrogen and oxygen atoms in total. The van der Waals surface area contributed by atoms with Gasteiger partial charge in [0, 0.05) is 22.2 Å². The average Bonchev–Trinajstić information content (AvgIpc) is 2.25. The summed E-state index contributed by atoms with van der Waals surface area (Å²) in [6.07, 6.45) is 1.68. The first kappa shape index (κ1) is 9.71. The van der Waals surface area contributed by atoms with Crippen molar-refractivity contribution in [2.24, 2.45) is 5.11 Å². The molecule has 0 unspecified atom stereocenters. The molecule has 0 fully saturated rings. The molecule has 2 aromatic rings. The predicted molar refractivity (Wildman–Crippen MR) is 57.4 cm³/mol. The van der Waals surface area contributed by atoms with Gasteiger partial charge in [-0.3, -0.25) is 4.98 Å². The molecule has 2 aromatic heterocycles. The minimum absolute atomic E-state index is 0.223. The van der Waals surface area contributed by atoms with E-state index in [0.29, 0.717) is 10.8 Å². The van der Waals surface area contributed by atoms with Crippen molar-refractivity contribution >= 4 is 22.5 Å². The molecule has 0 aliphatic carbocycles. The molecule has 0 aromatic carbocycles. The Balaban J connectivity index is 2.49. The molecule has 0 radical (unpaired) electrons. The highest BCUT2D eigenvalue weighted by Gasteiger charge is 1.99. The van der Waals surface area contributed by atoms with E-state index in [1.54, 1.807) is 18.3 Å². The molecule has 0 bridgehead atoms. The average molecular weight is 220 g/mol. The monoisotopic (exact) mass is 219 g/mol. The van der Waals surface area contributed by atoms with Crippen molar-refractivity contribution in [2.45, 2.75) is 6.54 Å². The van der Waals surface area contributed by atoms with E-state index < -0.39 is 0 Å². The lowest BCUT2D eigenvalue weighted by molar-refractivity contribution is 0.981. The number of hydrogen-bond donors (Lipinski definition) is 0. The standard InChI is InChI=1S/C9H6ClN5/c10-9-2-1-6-4-12-7(5-13-15-11)3-8(6)14-9/h1-4H,5H2. The van der Waals surface area contributed by atoms with Crippen LogP contribution in [0.3, 0.4) is 0 Å². The zero-order valence-electron chi connectivity index (χ0n) is 7.63. The van der Waals surface area contributed by atoms with Gasteiger partial charge < -0.3 is 0 Å². The molecule has 0 atom stereocenters. The molecular weight excluding hydrogens is 214 g/mol. The molecule has 0 N–H and O–H groups in total. The Morgan fingerprint density at radius 1 is 1.47 bits per heavy atom. The van der Waals surface area contributed by atoms with Gasteiger partial charge in [0.05, 0.1) is 12.1 Å². The predicted octanol–water partition coefficient (Wildman–Crippen LogP) is 3.09. The topological polar surface area (TPSA) is 74.5 Å². The number of nitrogens with zero attached hydrogens (tertiary/aromatic N) is 5. The molecule has 74 valence electrons. The third kappa shape index (κ3) is 2.15. The molecule has 0 saturated carbocycles. The summed E-state index contributed by atoms with van der Waals surface area (Å²) < 4.78 is 0. The van der Waals surface area contributed by atoms with Crippen molar-refractivity contribution in [1.82, 2.24) is 9.97 Å². The quantitative estimate of drug-likeness (QED) is 0.337. The lowest BCUT2D eigenvalue weighted by Crippen LogP contribution is -1.88. The van der Waals surface area contributed by atoms with Gasteiger partial charge in [-0.2, -0.15) is 0 Å². The second-order valence-corrected chi connectivity index (χ2v) is 3.28. The second-order valence-electron chi connectivity index (χ2n) is 2.89. The van der Waals surface area contributed by atoms with Gasteiger partial charge in [0.1, 0.15) is 5.15 Å². The van der Waals surface area contributed by atoms with E-state index in [4.69, 9.17) is 17.1 Å². The van der Waals surface area contributed by atoms with E-state index in [-0.39, 0.29) is 6.54 Å². The number of pyridine rings is 2. The molecule has 2 rings (SSSR count). The first-order chi connectivity index (χ1) is 7.29. The van der Waals surface area contributed by atoms with Crippen LogP contribution in [-0.2, 0) is 6.54 Å². The Hall–Kier alpha value is -1.84. The van der Waals surface area contributed by atoms with Crippen molar-refractivity contribution in [3.8, 4) is 0 Å². The summed E-state index contributed by atoms with van der Waals surface area (Å²) in [5, 5.41) is 4.77. The first-order valence-electron chi connectivity index (χ1n) is 4.21. The molecule has 2 heterocycles. The van der Waals surface area contributed by atoms with Gasteiger partial charge in [0.15, 0.2) is 0 Å². The van der Waals surface area contributed by atoms with Crippen LogP contribution in [0.1, 0.15) is 5.69 Å². The van der Waals surface area contributed by atoms with Crippen LogP contribution in [0.25, 0.3) is 21.3 Å². The van der Waals surface area contributed by atoms with Crippen LogP contribution >= 0.6 is 11.6 Å². The summed E-state index contributed by atoms with van der Waals surface area (Å²) in [7, 11) is 0. The molecule has 0 amide bonds. The van der Waals surface area contributed by atoms with Crippen molar-refractivity contribution in [2.75, 3.05) is 0 Å². The van der Waals surface area contributed by atoms with Gasteiger partial charge in [0.25, 0.3) is 0 Å². The highest BCUT2D eigenvalue weighted by molar-refractivity contribution is 6.29. The zero-order valence-corrected chi connectivity index (χ0v) is 8.39. The maximum Gasteiger partial charge on any atom is 0.129 e. The van der Waals surface area contributed by atoms with Crippen molar-refractivity contribution in [3.05, 3.63) is 45.7 Å². The minimum Gasteiger partial charge on any atom is -0.260 e. The molecule has 0 aliphatic rings. The number of aromatic nitrogens is 2. The van der Waals surface area contributed by atoms with Crippen LogP contribution in [0.15, 0.2) is 29.5 Å². The van der Waals surface area contributed by atoms with Crippen LogP contribution in [0.4, 0.5) is 0 Å². The number of hydrogen-bond acceptors (Lipinski definition) is 3. The minimum atomic E-state index is 0.223. The van der Waals surface area contributed by atoms with Crippen LogP contribution in [-0.4, -0.2) is 9.97 Å². The van der Waals surface area contributed by atoms with Crippen LogP contribution in [0.2, 0.25) is 5.15 Å². The highest BCUT2D eigenvalue weighted by Crippen LogP contribution is 2.15. The maximum atomic E-state index is 8.18. The van der Waals surface area contributed by atoms with Gasteiger partial charge in [0.2, 0.25) is 0 Å². The van der Waals surface area contributed by atoms with Crippen LogP contribution in [0.5, 0.6) is 0 Å². The van der Waals surface area contributed by atoms with Crippen molar-refractivity contribution in [1.29, 1.82) is 0 Å². The summed E-state index contributed by atoms with van der Waals surface area (Å²) in [4.78, 5) is 10.9. The lowest BCUT2D eigenvalue weighted by atomic mass is 10.2. The molecule has 0 aliphatic heterocycles. The van der Waals surface area contributed by atoms with Gasteiger partial charge in [-0.15, -0.1) is 0 Å². The third-order valence-corrected chi connectivity index (χ3v) is 2.10. The van der Waals surface area contributed by atoms with E-state index in [0.717, 1.165) is 10.9 Å². The summed E-state index contributed by atoms with van der Waals surface area (Å²) in [6.45, 7) is 0.223.